The topological polar surface area (TPSA) is 29.1 Å². The molecule has 1 aromatic carbocycles. The number of nitrogens with one attached hydrogen (secondary N) is 1. The van der Waals surface area contributed by atoms with Crippen LogP contribution in [0.1, 0.15) is 37.6 Å². The molecule has 1 unspecified atom stereocenters. The molecule has 0 aliphatic carbocycles. The van der Waals surface area contributed by atoms with Crippen LogP contribution in [0, 0.1) is 11.2 Å². The number of alkyl halides is 1. The highest BCUT2D eigenvalue weighted by atomic mass is 35.5. The standard InChI is InChI=1S/C14H18Cl2FNO/c1-14(2,3)7-10(15)8-18-13(19)9-4-5-11(16)12(17)6-9/h4-6,10H,7-8H2,1-3H3,(H,18,19). The minimum Gasteiger partial charge on any atom is -0.351 e. The van der Waals surface area contributed by atoms with E-state index in [1.807, 2.05) is 0 Å². The fraction of sp³-hybridized carbons (Fsp3) is 0.500. The third-order valence-corrected chi connectivity index (χ3v) is 3.11. The van der Waals surface area contributed by atoms with Gasteiger partial charge in [-0.2, -0.15) is 0 Å². The summed E-state index contributed by atoms with van der Waals surface area (Å²) in [6.07, 6.45) is 0.782. The van der Waals surface area contributed by atoms with E-state index in [0.29, 0.717) is 6.54 Å². The number of hydrogen-bond acceptors (Lipinski definition) is 1. The van der Waals surface area contributed by atoms with Gasteiger partial charge in [0.05, 0.1) is 10.4 Å². The second-order valence-corrected chi connectivity index (χ2v) is 6.73. The summed E-state index contributed by atoms with van der Waals surface area (Å²) in [6.45, 7) is 6.60. The molecule has 0 aliphatic heterocycles. The predicted octanol–water partition coefficient (Wildman–Crippen LogP) is 4.25. The first-order chi connectivity index (χ1) is 8.69. The van der Waals surface area contributed by atoms with Crippen LogP contribution in [0.25, 0.3) is 0 Å². The summed E-state index contributed by atoms with van der Waals surface area (Å²) in [5.41, 5.74) is 0.338. The second-order valence-electron chi connectivity index (χ2n) is 5.70. The second kappa shape index (κ2) is 6.58. The number of carbonyl (C=O) groups is 1. The molecular weight excluding hydrogens is 288 g/mol. The zero-order valence-electron chi connectivity index (χ0n) is 11.3. The van der Waals surface area contributed by atoms with Gasteiger partial charge >= 0.3 is 0 Å². The lowest BCUT2D eigenvalue weighted by molar-refractivity contribution is 0.0951. The summed E-state index contributed by atoms with van der Waals surface area (Å²) < 4.78 is 13.2. The smallest absolute Gasteiger partial charge is 0.251 e. The molecule has 1 N–H and O–H groups in total. The number of carbonyl (C=O) groups excluding carboxylic acids is 1. The minimum atomic E-state index is -0.605. The number of benzene rings is 1. The van der Waals surface area contributed by atoms with Crippen molar-refractivity contribution >= 4 is 29.1 Å². The normalized spacial score (nSPS) is 13.2. The third-order valence-electron chi connectivity index (χ3n) is 2.50. The van der Waals surface area contributed by atoms with Gasteiger partial charge in [-0.3, -0.25) is 4.79 Å². The maximum atomic E-state index is 13.2. The van der Waals surface area contributed by atoms with Crippen molar-refractivity contribution in [1.29, 1.82) is 0 Å². The predicted molar refractivity (Wildman–Crippen MR) is 77.5 cm³/mol. The van der Waals surface area contributed by atoms with E-state index in [4.69, 9.17) is 23.2 Å². The molecule has 0 aliphatic rings. The Morgan fingerprint density at radius 3 is 2.58 bits per heavy atom. The van der Waals surface area contributed by atoms with Crippen LogP contribution in [0.4, 0.5) is 4.39 Å². The van der Waals surface area contributed by atoms with Crippen molar-refractivity contribution in [1.82, 2.24) is 5.32 Å². The Labute approximate surface area is 123 Å². The lowest BCUT2D eigenvalue weighted by Gasteiger charge is -2.22. The number of amides is 1. The van der Waals surface area contributed by atoms with Crippen LogP contribution in [0.15, 0.2) is 18.2 Å². The summed E-state index contributed by atoms with van der Waals surface area (Å²) in [4.78, 5) is 11.8. The summed E-state index contributed by atoms with van der Waals surface area (Å²) in [7, 11) is 0. The molecule has 2 nitrogen and oxygen atoms in total. The van der Waals surface area contributed by atoms with Gasteiger partial charge in [0, 0.05) is 12.1 Å². The average Bonchev–Trinajstić information content (AvgIpc) is 2.27. The zero-order chi connectivity index (χ0) is 14.6. The van der Waals surface area contributed by atoms with E-state index in [2.05, 4.69) is 26.1 Å². The molecule has 0 fully saturated rings. The molecule has 1 amide bonds. The van der Waals surface area contributed by atoms with Gasteiger partial charge in [-0.05, 0) is 30.0 Å². The van der Waals surface area contributed by atoms with E-state index in [-0.39, 0.29) is 27.3 Å². The quantitative estimate of drug-likeness (QED) is 0.828. The van der Waals surface area contributed by atoms with Gasteiger partial charge in [-0.15, -0.1) is 11.6 Å². The van der Waals surface area contributed by atoms with E-state index in [1.165, 1.54) is 12.1 Å². The number of rotatable bonds is 4. The Balaban J connectivity index is 2.53. The molecule has 1 aromatic rings. The SMILES string of the molecule is CC(C)(C)CC(Cl)CNC(=O)c1ccc(Cl)c(F)c1. The lowest BCUT2D eigenvalue weighted by atomic mass is 9.90. The Bertz CT molecular complexity index is 457. The molecule has 0 saturated heterocycles. The molecule has 0 aromatic heterocycles. The Hall–Kier alpha value is -0.800. The average molecular weight is 306 g/mol. The van der Waals surface area contributed by atoms with E-state index in [0.717, 1.165) is 12.5 Å². The highest BCUT2D eigenvalue weighted by Gasteiger charge is 2.18. The molecular formula is C14H18Cl2FNO. The van der Waals surface area contributed by atoms with Crippen molar-refractivity contribution in [2.45, 2.75) is 32.6 Å². The molecule has 106 valence electrons. The monoisotopic (exact) mass is 305 g/mol. The minimum absolute atomic E-state index is 0.000461. The molecule has 1 atom stereocenters. The van der Waals surface area contributed by atoms with E-state index in [9.17, 15) is 9.18 Å². The van der Waals surface area contributed by atoms with Gasteiger partial charge < -0.3 is 5.32 Å². The summed E-state index contributed by atoms with van der Waals surface area (Å²) >= 11 is 11.7. The van der Waals surface area contributed by atoms with Gasteiger partial charge in [0.25, 0.3) is 5.91 Å². The fourth-order valence-corrected chi connectivity index (χ4v) is 2.34. The van der Waals surface area contributed by atoms with Crippen molar-refractivity contribution in [3.05, 3.63) is 34.6 Å². The van der Waals surface area contributed by atoms with Crippen molar-refractivity contribution in [3.63, 3.8) is 0 Å². The maximum Gasteiger partial charge on any atom is 0.251 e. The van der Waals surface area contributed by atoms with Crippen molar-refractivity contribution in [2.24, 2.45) is 5.41 Å². The molecule has 19 heavy (non-hydrogen) atoms. The zero-order valence-corrected chi connectivity index (χ0v) is 12.8. The van der Waals surface area contributed by atoms with Crippen LogP contribution >= 0.6 is 23.2 Å². The van der Waals surface area contributed by atoms with Gasteiger partial charge in [-0.1, -0.05) is 32.4 Å². The van der Waals surface area contributed by atoms with E-state index < -0.39 is 5.82 Å². The first-order valence-corrected chi connectivity index (χ1v) is 6.88. The highest BCUT2D eigenvalue weighted by Crippen LogP contribution is 2.23. The summed E-state index contributed by atoms with van der Waals surface area (Å²) in [5.74, 6) is -0.957. The van der Waals surface area contributed by atoms with E-state index in [1.54, 1.807) is 0 Å². The van der Waals surface area contributed by atoms with E-state index >= 15 is 0 Å². The summed E-state index contributed by atoms with van der Waals surface area (Å²) in [6, 6.07) is 3.96. The van der Waals surface area contributed by atoms with Gasteiger partial charge in [0.1, 0.15) is 5.82 Å². The van der Waals surface area contributed by atoms with Crippen molar-refractivity contribution < 1.29 is 9.18 Å². The molecule has 0 saturated carbocycles. The number of halogens is 3. The lowest BCUT2D eigenvalue weighted by Crippen LogP contribution is -2.31. The molecule has 1 rings (SSSR count). The molecule has 0 bridgehead atoms. The highest BCUT2D eigenvalue weighted by molar-refractivity contribution is 6.30. The molecule has 0 spiro atoms. The largest absolute Gasteiger partial charge is 0.351 e. The Morgan fingerprint density at radius 1 is 1.42 bits per heavy atom. The van der Waals surface area contributed by atoms with Crippen LogP contribution in [-0.4, -0.2) is 17.8 Å². The van der Waals surface area contributed by atoms with Gasteiger partial charge in [0.15, 0.2) is 0 Å². The van der Waals surface area contributed by atoms with Crippen molar-refractivity contribution in [3.8, 4) is 0 Å². The third kappa shape index (κ3) is 5.79. The fourth-order valence-electron chi connectivity index (χ4n) is 1.68. The first kappa shape index (κ1) is 16.3. The molecule has 0 radical (unpaired) electrons. The van der Waals surface area contributed by atoms with Crippen molar-refractivity contribution in [2.75, 3.05) is 6.54 Å². The Kier molecular flexibility index (Phi) is 5.63. The summed E-state index contributed by atoms with van der Waals surface area (Å²) in [5, 5.41) is 2.54. The van der Waals surface area contributed by atoms with Crippen LogP contribution < -0.4 is 5.32 Å². The number of hydrogen-bond donors (Lipinski definition) is 1. The Morgan fingerprint density at radius 2 is 2.05 bits per heavy atom. The van der Waals surface area contributed by atoms with Crippen LogP contribution in [0.5, 0.6) is 0 Å². The first-order valence-electron chi connectivity index (χ1n) is 6.06. The van der Waals surface area contributed by atoms with Crippen LogP contribution in [-0.2, 0) is 0 Å². The van der Waals surface area contributed by atoms with Crippen LogP contribution in [0.3, 0.4) is 0 Å². The molecule has 0 heterocycles. The van der Waals surface area contributed by atoms with Gasteiger partial charge in [0.2, 0.25) is 0 Å². The van der Waals surface area contributed by atoms with Gasteiger partial charge in [-0.25, -0.2) is 4.39 Å². The maximum absolute atomic E-state index is 13.2. The van der Waals surface area contributed by atoms with Crippen LogP contribution in [0.2, 0.25) is 5.02 Å². The molecule has 5 heteroatoms.